The van der Waals surface area contributed by atoms with Crippen molar-refractivity contribution in [3.63, 3.8) is 0 Å². The number of hydrogen-bond donors (Lipinski definition) is 1. The van der Waals surface area contributed by atoms with Crippen LogP contribution in [0, 0.1) is 5.92 Å². The van der Waals surface area contributed by atoms with E-state index in [1.165, 1.54) is 7.11 Å². The standard InChI is InChI=1S/C16H19NO5/c1-21-14-8-11(5-6-13(14)18)10-17-7-3-2-4-12-9-15(19)22-16(12)20/h5-6,8,10,12,18H,2-4,7,9H2,1H3. The maximum Gasteiger partial charge on any atom is 0.317 e. The van der Waals surface area contributed by atoms with Crippen molar-refractivity contribution < 1.29 is 24.2 Å². The van der Waals surface area contributed by atoms with Gasteiger partial charge in [0.05, 0.1) is 19.4 Å². The van der Waals surface area contributed by atoms with Crippen molar-refractivity contribution in [3.05, 3.63) is 23.8 Å². The number of nitrogens with zero attached hydrogens (tertiary/aromatic N) is 1. The van der Waals surface area contributed by atoms with Crippen LogP contribution >= 0.6 is 0 Å². The Kier molecular flexibility index (Phi) is 5.52. The Labute approximate surface area is 128 Å². The summed E-state index contributed by atoms with van der Waals surface area (Å²) < 4.78 is 9.52. The van der Waals surface area contributed by atoms with E-state index >= 15 is 0 Å². The first-order valence-electron chi connectivity index (χ1n) is 7.21. The Hall–Kier alpha value is -2.37. The predicted molar refractivity (Wildman–Crippen MR) is 80.2 cm³/mol. The second-order valence-electron chi connectivity index (χ2n) is 5.16. The number of ether oxygens (including phenoxy) is 2. The third kappa shape index (κ3) is 4.31. The van der Waals surface area contributed by atoms with Crippen LogP contribution in [-0.4, -0.2) is 36.9 Å². The second kappa shape index (κ2) is 7.59. The zero-order valence-corrected chi connectivity index (χ0v) is 12.4. The number of phenols is 1. The van der Waals surface area contributed by atoms with Crippen molar-refractivity contribution in [1.29, 1.82) is 0 Å². The first kappa shape index (κ1) is 16.0. The Morgan fingerprint density at radius 1 is 1.41 bits per heavy atom. The van der Waals surface area contributed by atoms with Gasteiger partial charge in [-0.1, -0.05) is 6.42 Å². The highest BCUT2D eigenvalue weighted by Crippen LogP contribution is 2.25. The van der Waals surface area contributed by atoms with Crippen LogP contribution in [0.4, 0.5) is 0 Å². The van der Waals surface area contributed by atoms with Gasteiger partial charge >= 0.3 is 11.9 Å². The van der Waals surface area contributed by atoms with Crippen molar-refractivity contribution in [2.24, 2.45) is 10.9 Å². The molecule has 118 valence electrons. The lowest BCUT2D eigenvalue weighted by molar-refractivity contribution is -0.153. The number of aromatic hydroxyl groups is 1. The molecule has 2 rings (SSSR count). The summed E-state index contributed by atoms with van der Waals surface area (Å²) in [6.45, 7) is 0.638. The Morgan fingerprint density at radius 2 is 2.23 bits per heavy atom. The van der Waals surface area contributed by atoms with Gasteiger partial charge in [-0.3, -0.25) is 14.6 Å². The molecular weight excluding hydrogens is 286 g/mol. The SMILES string of the molecule is COc1cc(C=NCCCCC2CC(=O)OC2=O)ccc1O. The maximum atomic E-state index is 11.3. The maximum absolute atomic E-state index is 11.3. The van der Waals surface area contributed by atoms with E-state index < -0.39 is 11.9 Å². The Balaban J connectivity index is 1.70. The fraction of sp³-hybridized carbons (Fsp3) is 0.438. The zero-order valence-electron chi connectivity index (χ0n) is 12.4. The van der Waals surface area contributed by atoms with Crippen LogP contribution in [0.25, 0.3) is 0 Å². The molecule has 1 N–H and O–H groups in total. The summed E-state index contributed by atoms with van der Waals surface area (Å²) in [4.78, 5) is 26.5. The van der Waals surface area contributed by atoms with E-state index in [0.717, 1.165) is 18.4 Å². The minimum atomic E-state index is -0.422. The smallest absolute Gasteiger partial charge is 0.317 e. The lowest BCUT2D eigenvalue weighted by Crippen LogP contribution is -2.07. The van der Waals surface area contributed by atoms with Crippen LogP contribution in [0.5, 0.6) is 11.5 Å². The molecule has 1 fully saturated rings. The normalized spacial score (nSPS) is 18.0. The van der Waals surface area contributed by atoms with Crippen molar-refractivity contribution >= 4 is 18.2 Å². The van der Waals surface area contributed by atoms with Gasteiger partial charge in [0.1, 0.15) is 0 Å². The van der Waals surface area contributed by atoms with Gasteiger partial charge < -0.3 is 14.6 Å². The van der Waals surface area contributed by atoms with Gasteiger partial charge in [-0.15, -0.1) is 0 Å². The van der Waals surface area contributed by atoms with Gasteiger partial charge in [-0.25, -0.2) is 0 Å². The summed E-state index contributed by atoms with van der Waals surface area (Å²) >= 11 is 0. The van der Waals surface area contributed by atoms with Gasteiger partial charge in [0.25, 0.3) is 0 Å². The largest absolute Gasteiger partial charge is 0.504 e. The molecule has 1 atom stereocenters. The molecule has 1 aliphatic heterocycles. The van der Waals surface area contributed by atoms with Gasteiger partial charge in [0, 0.05) is 12.8 Å². The van der Waals surface area contributed by atoms with E-state index in [4.69, 9.17) is 4.74 Å². The first-order valence-corrected chi connectivity index (χ1v) is 7.21. The molecule has 0 aromatic heterocycles. The number of rotatable bonds is 7. The zero-order chi connectivity index (χ0) is 15.9. The number of hydrogen-bond acceptors (Lipinski definition) is 6. The molecule has 1 aromatic rings. The molecule has 0 bridgehead atoms. The van der Waals surface area contributed by atoms with E-state index in [1.54, 1.807) is 24.4 Å². The average molecular weight is 305 g/mol. The van der Waals surface area contributed by atoms with Crippen molar-refractivity contribution in [1.82, 2.24) is 0 Å². The predicted octanol–water partition coefficient (Wildman–Crippen LogP) is 2.08. The van der Waals surface area contributed by atoms with E-state index in [9.17, 15) is 14.7 Å². The molecule has 0 spiro atoms. The van der Waals surface area contributed by atoms with Crippen LogP contribution < -0.4 is 4.74 Å². The number of unbranched alkanes of at least 4 members (excludes halogenated alkanes) is 1. The van der Waals surface area contributed by atoms with Crippen LogP contribution in [0.2, 0.25) is 0 Å². The number of benzene rings is 1. The highest BCUT2D eigenvalue weighted by Gasteiger charge is 2.32. The fourth-order valence-corrected chi connectivity index (χ4v) is 2.28. The molecule has 6 heteroatoms. The minimum absolute atomic E-state index is 0.0950. The van der Waals surface area contributed by atoms with Crippen molar-refractivity contribution in [3.8, 4) is 11.5 Å². The van der Waals surface area contributed by atoms with E-state index in [-0.39, 0.29) is 18.1 Å². The van der Waals surface area contributed by atoms with Gasteiger partial charge in [0.15, 0.2) is 11.5 Å². The van der Waals surface area contributed by atoms with E-state index in [2.05, 4.69) is 9.73 Å². The molecule has 0 aliphatic carbocycles. The van der Waals surface area contributed by atoms with Crippen LogP contribution in [0.3, 0.4) is 0 Å². The molecule has 22 heavy (non-hydrogen) atoms. The van der Waals surface area contributed by atoms with Gasteiger partial charge in [0.2, 0.25) is 0 Å². The molecular formula is C16H19NO5. The van der Waals surface area contributed by atoms with Gasteiger partial charge in [-0.2, -0.15) is 0 Å². The summed E-state index contributed by atoms with van der Waals surface area (Å²) in [7, 11) is 1.49. The molecule has 0 amide bonds. The molecule has 1 aromatic carbocycles. The van der Waals surface area contributed by atoms with Crippen LogP contribution in [0.1, 0.15) is 31.2 Å². The van der Waals surface area contributed by atoms with Gasteiger partial charge in [-0.05, 0) is 36.6 Å². The molecule has 1 aliphatic rings. The highest BCUT2D eigenvalue weighted by molar-refractivity contribution is 5.94. The quantitative estimate of drug-likeness (QED) is 0.361. The average Bonchev–Trinajstić information content (AvgIpc) is 2.82. The number of carbonyl (C=O) groups excluding carboxylic acids is 2. The molecule has 6 nitrogen and oxygen atoms in total. The molecule has 1 unspecified atom stereocenters. The Morgan fingerprint density at radius 3 is 2.91 bits per heavy atom. The summed E-state index contributed by atoms with van der Waals surface area (Å²) in [6, 6.07) is 5.02. The summed E-state index contributed by atoms with van der Waals surface area (Å²) in [6.07, 6.45) is 4.24. The molecule has 1 saturated heterocycles. The highest BCUT2D eigenvalue weighted by atomic mass is 16.6. The minimum Gasteiger partial charge on any atom is -0.504 e. The molecule has 0 radical (unpaired) electrons. The first-order chi connectivity index (χ1) is 10.6. The van der Waals surface area contributed by atoms with Crippen molar-refractivity contribution in [2.45, 2.75) is 25.7 Å². The Bertz CT molecular complexity index is 582. The van der Waals surface area contributed by atoms with Crippen LogP contribution in [0.15, 0.2) is 23.2 Å². The lowest BCUT2D eigenvalue weighted by atomic mass is 10.0. The number of cyclic esters (lactones) is 2. The summed E-state index contributed by atoms with van der Waals surface area (Å²) in [5, 5.41) is 9.49. The lowest BCUT2D eigenvalue weighted by Gasteiger charge is -2.04. The molecule has 1 heterocycles. The number of aliphatic imine (C=N–C) groups is 1. The number of carbonyl (C=O) groups is 2. The number of phenolic OH excluding ortho intramolecular Hbond substituents is 1. The van der Waals surface area contributed by atoms with Crippen molar-refractivity contribution in [2.75, 3.05) is 13.7 Å². The summed E-state index contributed by atoms with van der Waals surface area (Å²) in [5.41, 5.74) is 0.847. The second-order valence-corrected chi connectivity index (χ2v) is 5.16. The van der Waals surface area contributed by atoms with E-state index in [0.29, 0.717) is 18.7 Å². The topological polar surface area (TPSA) is 85.2 Å². The number of esters is 2. The third-order valence-corrected chi connectivity index (χ3v) is 3.49. The monoisotopic (exact) mass is 305 g/mol. The van der Waals surface area contributed by atoms with E-state index in [1.807, 2.05) is 0 Å². The third-order valence-electron chi connectivity index (χ3n) is 3.49. The fourth-order valence-electron chi connectivity index (χ4n) is 2.28. The molecule has 0 saturated carbocycles. The summed E-state index contributed by atoms with van der Waals surface area (Å²) in [5.74, 6) is -0.595. The van der Waals surface area contributed by atoms with Crippen LogP contribution in [-0.2, 0) is 14.3 Å². The number of methoxy groups -OCH3 is 1.